The quantitative estimate of drug-likeness (QED) is 0.408. The summed E-state index contributed by atoms with van der Waals surface area (Å²) in [5.41, 5.74) is 2.81. The van der Waals surface area contributed by atoms with Gasteiger partial charge in [-0.05, 0) is 56.0 Å². The van der Waals surface area contributed by atoms with Crippen LogP contribution in [0.4, 0.5) is 0 Å². The van der Waals surface area contributed by atoms with Gasteiger partial charge in [-0.25, -0.2) is 0 Å². The Hall–Kier alpha value is -3.31. The Bertz CT molecular complexity index is 854. The number of aromatic nitrogens is 2. The molecule has 0 saturated heterocycles. The van der Waals surface area contributed by atoms with Gasteiger partial charge in [-0.1, -0.05) is 36.9 Å². The zero-order valence-corrected chi connectivity index (χ0v) is 17.9. The van der Waals surface area contributed by atoms with Gasteiger partial charge in [0.2, 0.25) is 0 Å². The summed E-state index contributed by atoms with van der Waals surface area (Å²) >= 11 is 0. The second-order valence-electron chi connectivity index (χ2n) is 6.55. The van der Waals surface area contributed by atoms with Crippen molar-refractivity contribution in [3.63, 3.8) is 0 Å². The summed E-state index contributed by atoms with van der Waals surface area (Å²) in [6.45, 7) is 7.48. The van der Waals surface area contributed by atoms with E-state index >= 15 is 0 Å². The smallest absolute Gasteiger partial charge is 0.0953 e. The average Bonchev–Trinajstić information content (AvgIpc) is 2.79. The molecule has 1 unspecified atom stereocenters. The third-order valence-electron chi connectivity index (χ3n) is 4.38. The predicted molar refractivity (Wildman–Crippen MR) is 126 cm³/mol. The van der Waals surface area contributed by atoms with Crippen LogP contribution in [0.5, 0.6) is 0 Å². The van der Waals surface area contributed by atoms with Gasteiger partial charge in [0, 0.05) is 38.7 Å². The number of nitrogens with zero attached hydrogens (tertiary/aromatic N) is 4. The summed E-state index contributed by atoms with van der Waals surface area (Å²) in [4.78, 5) is 16.2. The number of hydrogen-bond acceptors (Lipinski definition) is 5. The number of allylic oxidation sites excluding steroid dienone is 3. The van der Waals surface area contributed by atoms with E-state index in [1.165, 1.54) is 0 Å². The summed E-state index contributed by atoms with van der Waals surface area (Å²) in [5, 5.41) is 2.99. The molecule has 5 heteroatoms. The summed E-state index contributed by atoms with van der Waals surface area (Å²) in [7, 11) is 1.89. The fourth-order valence-electron chi connectivity index (χ4n) is 3.02. The van der Waals surface area contributed by atoms with Gasteiger partial charge in [0.25, 0.3) is 0 Å². The molecule has 5 nitrogen and oxygen atoms in total. The lowest BCUT2D eigenvalue weighted by molar-refractivity contribution is 0.233. The highest BCUT2D eigenvalue weighted by atomic mass is 15.2. The Morgan fingerprint density at radius 1 is 1.17 bits per heavy atom. The van der Waals surface area contributed by atoms with Crippen LogP contribution >= 0.6 is 0 Å². The maximum absolute atomic E-state index is 4.65. The molecule has 0 saturated carbocycles. The summed E-state index contributed by atoms with van der Waals surface area (Å²) in [6, 6.07) is 11.8. The topological polar surface area (TPSA) is 53.4 Å². The predicted octanol–water partition coefficient (Wildman–Crippen LogP) is 4.86. The first kappa shape index (κ1) is 23.0. The van der Waals surface area contributed by atoms with Crippen LogP contribution in [-0.4, -0.2) is 34.2 Å². The minimum absolute atomic E-state index is 0.122. The van der Waals surface area contributed by atoms with Crippen molar-refractivity contribution >= 4 is 5.71 Å². The van der Waals surface area contributed by atoms with Crippen LogP contribution in [0, 0.1) is 0 Å². The van der Waals surface area contributed by atoms with Crippen LogP contribution in [0.15, 0.2) is 103 Å². The van der Waals surface area contributed by atoms with Crippen LogP contribution in [0.25, 0.3) is 0 Å². The maximum Gasteiger partial charge on any atom is 0.0953 e. The molecule has 0 bridgehead atoms. The minimum atomic E-state index is -0.122. The van der Waals surface area contributed by atoms with E-state index in [9.17, 15) is 0 Å². The second kappa shape index (κ2) is 13.8. The molecular formula is C25H31N5. The van der Waals surface area contributed by atoms with Gasteiger partial charge in [-0.15, -0.1) is 0 Å². The van der Waals surface area contributed by atoms with Gasteiger partial charge in [-0.2, -0.15) is 0 Å². The molecule has 0 radical (unpaired) electrons. The lowest BCUT2D eigenvalue weighted by atomic mass is 10.0. The molecule has 2 aromatic rings. The monoisotopic (exact) mass is 401 g/mol. The number of aliphatic imine (C=N–C) groups is 1. The van der Waals surface area contributed by atoms with Gasteiger partial charge in [0.1, 0.15) is 0 Å². The lowest BCUT2D eigenvalue weighted by Gasteiger charge is -2.31. The second-order valence-corrected chi connectivity index (χ2v) is 6.55. The molecule has 156 valence electrons. The number of hydrogen-bond donors (Lipinski definition) is 1. The van der Waals surface area contributed by atoms with Crippen LogP contribution in [0.3, 0.4) is 0 Å². The summed E-state index contributed by atoms with van der Waals surface area (Å²) in [5.74, 6) is 0. The average molecular weight is 402 g/mol. The lowest BCUT2D eigenvalue weighted by Crippen LogP contribution is -2.34. The van der Waals surface area contributed by atoms with Crippen molar-refractivity contribution in [1.82, 2.24) is 20.2 Å². The van der Waals surface area contributed by atoms with E-state index in [4.69, 9.17) is 0 Å². The molecule has 2 rings (SSSR count). The van der Waals surface area contributed by atoms with Gasteiger partial charge < -0.3 is 5.32 Å². The van der Waals surface area contributed by atoms with Crippen molar-refractivity contribution in [2.75, 3.05) is 13.6 Å². The first-order valence-electron chi connectivity index (χ1n) is 10.1. The standard InChI is InChI=1S/C25H31N5/c1-4-16-28-23(5-2)25(24-15-9-12-19-29-24)30(20-13-7-6-10-17-26-3)21-22-14-8-11-18-27-22/h4-12,14-19,25-26H,2,13,20-21H2,1,3H3/b7-6-,16-4-,17-10-,28-23+. The molecular weight excluding hydrogens is 370 g/mol. The van der Waals surface area contributed by atoms with E-state index in [1.54, 1.807) is 6.20 Å². The zero-order valence-electron chi connectivity index (χ0n) is 17.9. The van der Waals surface area contributed by atoms with Crippen molar-refractivity contribution in [3.05, 3.63) is 110 Å². The highest BCUT2D eigenvalue weighted by Crippen LogP contribution is 2.24. The van der Waals surface area contributed by atoms with Crippen LogP contribution in [-0.2, 0) is 6.54 Å². The Balaban J connectivity index is 2.38. The fraction of sp³-hybridized carbons (Fsp3) is 0.240. The Morgan fingerprint density at radius 2 is 1.97 bits per heavy atom. The minimum Gasteiger partial charge on any atom is -0.394 e. The molecule has 2 heterocycles. The van der Waals surface area contributed by atoms with E-state index < -0.39 is 0 Å². The Kier molecular flexibility index (Phi) is 10.6. The summed E-state index contributed by atoms with van der Waals surface area (Å²) < 4.78 is 0. The molecule has 30 heavy (non-hydrogen) atoms. The maximum atomic E-state index is 4.65. The van der Waals surface area contributed by atoms with Crippen molar-refractivity contribution < 1.29 is 0 Å². The largest absolute Gasteiger partial charge is 0.394 e. The molecule has 1 N–H and O–H groups in total. The van der Waals surface area contributed by atoms with Crippen molar-refractivity contribution in [2.45, 2.75) is 25.9 Å². The van der Waals surface area contributed by atoms with Crippen molar-refractivity contribution in [1.29, 1.82) is 0 Å². The van der Waals surface area contributed by atoms with Gasteiger partial charge >= 0.3 is 0 Å². The number of nitrogens with one attached hydrogen (secondary N) is 1. The van der Waals surface area contributed by atoms with Gasteiger partial charge in [-0.3, -0.25) is 19.9 Å². The van der Waals surface area contributed by atoms with Crippen molar-refractivity contribution in [3.8, 4) is 0 Å². The number of pyridine rings is 2. The van der Waals surface area contributed by atoms with E-state index in [1.807, 2.05) is 93.3 Å². The van der Waals surface area contributed by atoms with E-state index in [0.717, 1.165) is 30.1 Å². The third kappa shape index (κ3) is 7.60. The molecule has 0 fully saturated rings. The highest BCUT2D eigenvalue weighted by Gasteiger charge is 2.25. The van der Waals surface area contributed by atoms with E-state index in [0.29, 0.717) is 6.54 Å². The van der Waals surface area contributed by atoms with Crippen molar-refractivity contribution in [2.24, 2.45) is 4.99 Å². The molecule has 0 spiro atoms. The summed E-state index contributed by atoms with van der Waals surface area (Å²) in [6.07, 6.45) is 18.2. The fourth-order valence-corrected chi connectivity index (χ4v) is 3.02. The van der Waals surface area contributed by atoms with Crippen LogP contribution in [0.1, 0.15) is 30.8 Å². The Labute approximate surface area is 180 Å². The Morgan fingerprint density at radius 3 is 2.60 bits per heavy atom. The molecule has 0 amide bonds. The number of rotatable bonds is 12. The van der Waals surface area contributed by atoms with E-state index in [2.05, 4.69) is 37.8 Å². The molecule has 0 aliphatic carbocycles. The highest BCUT2D eigenvalue weighted by molar-refractivity contribution is 5.99. The molecule has 0 aliphatic heterocycles. The third-order valence-corrected chi connectivity index (χ3v) is 4.38. The van der Waals surface area contributed by atoms with Crippen LogP contribution < -0.4 is 5.32 Å². The SMILES string of the molecule is C=C/C(=N\C=C/C)C(c1ccccn1)N(CC/C=C\C=C/NC)Cc1ccccn1. The van der Waals surface area contributed by atoms with Gasteiger partial charge in [0.15, 0.2) is 0 Å². The molecule has 0 aromatic carbocycles. The molecule has 1 atom stereocenters. The normalized spacial score (nSPS) is 13.5. The molecule has 0 aliphatic rings. The van der Waals surface area contributed by atoms with Gasteiger partial charge in [0.05, 0.1) is 23.1 Å². The first-order chi connectivity index (χ1) is 14.8. The first-order valence-corrected chi connectivity index (χ1v) is 10.1. The molecule has 2 aromatic heterocycles. The van der Waals surface area contributed by atoms with Crippen LogP contribution in [0.2, 0.25) is 0 Å². The zero-order chi connectivity index (χ0) is 21.4. The van der Waals surface area contributed by atoms with E-state index in [-0.39, 0.29) is 6.04 Å².